The first-order chi connectivity index (χ1) is 15.8. The van der Waals surface area contributed by atoms with E-state index in [-0.39, 0.29) is 42.3 Å². The molecule has 1 fully saturated rings. The number of ether oxygens (including phenoxy) is 1. The SMILES string of the molecule is CCOc1ccc(NC(=O)CNC(=O)C2CCN(S(=O)(=O)c3ccc(C#N)cc3)CC2)cc1. The molecule has 1 aliphatic rings. The van der Waals surface area contributed by atoms with Gasteiger partial charge in [-0.2, -0.15) is 9.57 Å². The summed E-state index contributed by atoms with van der Waals surface area (Å²) in [6, 6.07) is 14.6. The van der Waals surface area contributed by atoms with Crippen molar-refractivity contribution < 1.29 is 22.7 Å². The van der Waals surface area contributed by atoms with E-state index < -0.39 is 10.0 Å². The maximum atomic E-state index is 12.8. The average molecular weight is 471 g/mol. The maximum absolute atomic E-state index is 12.8. The molecule has 2 aromatic rings. The number of carbonyl (C=O) groups excluding carboxylic acids is 2. The van der Waals surface area contributed by atoms with Crippen LogP contribution in [0.2, 0.25) is 0 Å². The van der Waals surface area contributed by atoms with E-state index in [1.165, 1.54) is 28.6 Å². The quantitative estimate of drug-likeness (QED) is 0.608. The predicted octanol–water partition coefficient (Wildman–Crippen LogP) is 2.11. The minimum atomic E-state index is -3.68. The molecule has 174 valence electrons. The molecule has 1 aliphatic heterocycles. The number of piperidine rings is 1. The van der Waals surface area contributed by atoms with Gasteiger partial charge in [0.15, 0.2) is 0 Å². The molecule has 0 atom stereocenters. The van der Waals surface area contributed by atoms with E-state index >= 15 is 0 Å². The Labute approximate surface area is 193 Å². The minimum absolute atomic E-state index is 0.121. The van der Waals surface area contributed by atoms with E-state index in [4.69, 9.17) is 10.00 Å². The fourth-order valence-electron chi connectivity index (χ4n) is 3.53. The fraction of sp³-hybridized carbons (Fsp3) is 0.348. The smallest absolute Gasteiger partial charge is 0.243 e. The van der Waals surface area contributed by atoms with Crippen LogP contribution < -0.4 is 15.4 Å². The topological polar surface area (TPSA) is 129 Å². The highest BCUT2D eigenvalue weighted by atomic mass is 32.2. The fourth-order valence-corrected chi connectivity index (χ4v) is 5.00. The van der Waals surface area contributed by atoms with Crippen LogP contribution >= 0.6 is 0 Å². The zero-order valence-electron chi connectivity index (χ0n) is 18.3. The average Bonchev–Trinajstić information content (AvgIpc) is 2.84. The molecule has 9 nitrogen and oxygen atoms in total. The Morgan fingerprint density at radius 2 is 1.73 bits per heavy atom. The summed E-state index contributed by atoms with van der Waals surface area (Å²) in [5, 5.41) is 14.2. The summed E-state index contributed by atoms with van der Waals surface area (Å²) in [7, 11) is -3.68. The van der Waals surface area contributed by atoms with Gasteiger partial charge in [-0.1, -0.05) is 0 Å². The first-order valence-corrected chi connectivity index (χ1v) is 12.1. The van der Waals surface area contributed by atoms with Crippen LogP contribution in [-0.4, -0.2) is 50.8 Å². The Hall–Kier alpha value is -3.42. The lowest BCUT2D eigenvalue weighted by molar-refractivity contribution is -0.128. The molecule has 2 N–H and O–H groups in total. The highest BCUT2D eigenvalue weighted by Crippen LogP contribution is 2.24. The number of hydrogen-bond donors (Lipinski definition) is 2. The summed E-state index contributed by atoms with van der Waals surface area (Å²) < 4.78 is 32.3. The summed E-state index contributed by atoms with van der Waals surface area (Å²) in [5.41, 5.74) is 0.981. The van der Waals surface area contributed by atoms with E-state index in [9.17, 15) is 18.0 Å². The molecule has 0 bridgehead atoms. The molecule has 3 rings (SSSR count). The summed E-state index contributed by atoms with van der Waals surface area (Å²) in [4.78, 5) is 24.7. The van der Waals surface area contributed by atoms with Crippen molar-refractivity contribution in [2.45, 2.75) is 24.7 Å². The number of nitrogens with zero attached hydrogens (tertiary/aromatic N) is 2. The number of benzene rings is 2. The van der Waals surface area contributed by atoms with Gasteiger partial charge in [-0.15, -0.1) is 0 Å². The van der Waals surface area contributed by atoms with Gasteiger partial charge in [-0.05, 0) is 68.3 Å². The second-order valence-corrected chi connectivity index (χ2v) is 9.48. The highest BCUT2D eigenvalue weighted by Gasteiger charge is 2.32. The molecule has 0 aliphatic carbocycles. The monoisotopic (exact) mass is 470 g/mol. The third kappa shape index (κ3) is 6.31. The molecule has 0 unspecified atom stereocenters. The van der Waals surface area contributed by atoms with Gasteiger partial charge in [-0.25, -0.2) is 8.42 Å². The van der Waals surface area contributed by atoms with Gasteiger partial charge in [0.05, 0.1) is 29.7 Å². The zero-order valence-corrected chi connectivity index (χ0v) is 19.1. The van der Waals surface area contributed by atoms with E-state index in [0.29, 0.717) is 36.4 Å². The van der Waals surface area contributed by atoms with Gasteiger partial charge in [0, 0.05) is 24.7 Å². The molecule has 0 saturated carbocycles. The molecule has 1 saturated heterocycles. The van der Waals surface area contributed by atoms with Gasteiger partial charge >= 0.3 is 0 Å². The van der Waals surface area contributed by atoms with Gasteiger partial charge in [-0.3, -0.25) is 9.59 Å². The number of sulfonamides is 1. The first kappa shape index (κ1) is 24.2. The van der Waals surface area contributed by atoms with Gasteiger partial charge < -0.3 is 15.4 Å². The Morgan fingerprint density at radius 3 is 2.30 bits per heavy atom. The van der Waals surface area contributed by atoms with Gasteiger partial charge in [0.1, 0.15) is 5.75 Å². The van der Waals surface area contributed by atoms with Crippen LogP contribution in [-0.2, 0) is 19.6 Å². The van der Waals surface area contributed by atoms with E-state index in [2.05, 4.69) is 10.6 Å². The molecule has 0 radical (unpaired) electrons. The summed E-state index contributed by atoms with van der Waals surface area (Å²) in [6.07, 6.45) is 0.726. The maximum Gasteiger partial charge on any atom is 0.243 e. The standard InChI is InChI=1S/C23H26N4O5S/c1-2-32-20-7-5-19(6-8-20)26-22(28)16-25-23(29)18-11-13-27(14-12-18)33(30,31)21-9-3-17(15-24)4-10-21/h3-10,18H,2,11-14,16H2,1H3,(H,25,29)(H,26,28). The van der Waals surface area contributed by atoms with E-state index in [0.717, 1.165) is 0 Å². The molecule has 2 amide bonds. The van der Waals surface area contributed by atoms with Gasteiger partial charge in [0.2, 0.25) is 21.8 Å². The van der Waals surface area contributed by atoms with Crippen LogP contribution in [0.3, 0.4) is 0 Å². The lowest BCUT2D eigenvalue weighted by Crippen LogP contribution is -2.44. The molecule has 10 heteroatoms. The molecule has 33 heavy (non-hydrogen) atoms. The van der Waals surface area contributed by atoms with Crippen molar-refractivity contribution in [1.82, 2.24) is 9.62 Å². The molecule has 1 heterocycles. The number of amides is 2. The second-order valence-electron chi connectivity index (χ2n) is 7.54. The Bertz CT molecular complexity index is 1120. The van der Waals surface area contributed by atoms with Crippen molar-refractivity contribution in [1.29, 1.82) is 5.26 Å². The summed E-state index contributed by atoms with van der Waals surface area (Å²) >= 11 is 0. The van der Waals surface area contributed by atoms with Gasteiger partial charge in [0.25, 0.3) is 0 Å². The number of anilines is 1. The van der Waals surface area contributed by atoms with Crippen molar-refractivity contribution in [2.75, 3.05) is 31.6 Å². The number of nitrogens with one attached hydrogen (secondary N) is 2. The van der Waals surface area contributed by atoms with Crippen molar-refractivity contribution in [3.63, 3.8) is 0 Å². The molecular formula is C23H26N4O5S. The summed E-state index contributed by atoms with van der Waals surface area (Å²) in [5.74, 6) is -0.285. The van der Waals surface area contributed by atoms with Crippen LogP contribution in [0.1, 0.15) is 25.3 Å². The normalized spacial score (nSPS) is 14.8. The van der Waals surface area contributed by atoms with Crippen molar-refractivity contribution in [2.24, 2.45) is 5.92 Å². The third-order valence-corrected chi connectivity index (χ3v) is 7.23. The van der Waals surface area contributed by atoms with Crippen molar-refractivity contribution in [3.05, 3.63) is 54.1 Å². The second kappa shape index (κ2) is 10.9. The number of rotatable bonds is 8. The lowest BCUT2D eigenvalue weighted by Gasteiger charge is -2.30. The molecule has 0 aromatic heterocycles. The van der Waals surface area contributed by atoms with Crippen molar-refractivity contribution >= 4 is 27.5 Å². The number of nitriles is 1. The van der Waals surface area contributed by atoms with Crippen LogP contribution in [0.4, 0.5) is 5.69 Å². The number of carbonyl (C=O) groups is 2. The Balaban J connectivity index is 1.46. The van der Waals surface area contributed by atoms with E-state index in [1.807, 2.05) is 13.0 Å². The first-order valence-electron chi connectivity index (χ1n) is 10.6. The largest absolute Gasteiger partial charge is 0.494 e. The zero-order chi connectivity index (χ0) is 23.8. The van der Waals surface area contributed by atoms with Crippen molar-refractivity contribution in [3.8, 4) is 11.8 Å². The molecule has 2 aromatic carbocycles. The van der Waals surface area contributed by atoms with E-state index in [1.54, 1.807) is 24.3 Å². The Morgan fingerprint density at radius 1 is 1.09 bits per heavy atom. The highest BCUT2D eigenvalue weighted by molar-refractivity contribution is 7.89. The Kier molecular flexibility index (Phi) is 8.03. The minimum Gasteiger partial charge on any atom is -0.494 e. The lowest BCUT2D eigenvalue weighted by atomic mass is 9.97. The predicted molar refractivity (Wildman–Crippen MR) is 122 cm³/mol. The molecule has 0 spiro atoms. The van der Waals surface area contributed by atoms with Crippen LogP contribution in [0, 0.1) is 17.2 Å². The molecular weight excluding hydrogens is 444 g/mol. The summed E-state index contributed by atoms with van der Waals surface area (Å²) in [6.45, 7) is 2.68. The number of hydrogen-bond acceptors (Lipinski definition) is 6. The van der Waals surface area contributed by atoms with Crippen LogP contribution in [0.25, 0.3) is 0 Å². The van der Waals surface area contributed by atoms with Crippen LogP contribution in [0.5, 0.6) is 5.75 Å². The van der Waals surface area contributed by atoms with Crippen LogP contribution in [0.15, 0.2) is 53.4 Å². The third-order valence-electron chi connectivity index (χ3n) is 5.32.